The first-order valence-electron chi connectivity index (χ1n) is 6.16. The molecule has 2 rings (SSSR count). The van der Waals surface area contributed by atoms with Crippen LogP contribution < -0.4 is 4.74 Å². The minimum atomic E-state index is -0.495. The molecule has 0 radical (unpaired) electrons. The molecule has 0 saturated carbocycles. The average molecular weight is 236 g/mol. The van der Waals surface area contributed by atoms with Gasteiger partial charge < -0.3 is 14.6 Å². The van der Waals surface area contributed by atoms with Crippen molar-refractivity contribution in [2.45, 2.75) is 26.4 Å². The van der Waals surface area contributed by atoms with Gasteiger partial charge in [0.2, 0.25) is 0 Å². The summed E-state index contributed by atoms with van der Waals surface area (Å²) in [6, 6.07) is 5.91. The van der Waals surface area contributed by atoms with E-state index in [2.05, 4.69) is 0 Å². The Hall–Kier alpha value is -1.06. The molecular weight excluding hydrogens is 216 g/mol. The van der Waals surface area contributed by atoms with Crippen molar-refractivity contribution in [2.75, 3.05) is 19.8 Å². The Morgan fingerprint density at radius 2 is 2.35 bits per heavy atom. The van der Waals surface area contributed by atoms with E-state index in [1.807, 2.05) is 25.1 Å². The molecule has 1 N–H and O–H groups in total. The van der Waals surface area contributed by atoms with Crippen LogP contribution in [0.4, 0.5) is 0 Å². The fourth-order valence-electron chi connectivity index (χ4n) is 2.03. The summed E-state index contributed by atoms with van der Waals surface area (Å²) >= 11 is 0. The molecule has 2 atom stereocenters. The zero-order valence-electron chi connectivity index (χ0n) is 10.5. The van der Waals surface area contributed by atoms with Crippen LogP contribution in [-0.4, -0.2) is 24.9 Å². The van der Waals surface area contributed by atoms with E-state index in [-0.39, 0.29) is 0 Å². The highest BCUT2D eigenvalue weighted by Crippen LogP contribution is 2.27. The number of hydrogen-bond acceptors (Lipinski definition) is 3. The number of hydrogen-bond donors (Lipinski definition) is 1. The van der Waals surface area contributed by atoms with E-state index >= 15 is 0 Å². The molecule has 17 heavy (non-hydrogen) atoms. The Morgan fingerprint density at radius 1 is 1.53 bits per heavy atom. The molecule has 0 aromatic heterocycles. The van der Waals surface area contributed by atoms with Crippen LogP contribution in [0.3, 0.4) is 0 Å². The van der Waals surface area contributed by atoms with Gasteiger partial charge in [-0.3, -0.25) is 0 Å². The third-order valence-corrected chi connectivity index (χ3v) is 3.12. The van der Waals surface area contributed by atoms with E-state index in [0.29, 0.717) is 12.5 Å². The zero-order chi connectivity index (χ0) is 12.3. The molecule has 1 fully saturated rings. The molecule has 1 aromatic carbocycles. The number of ether oxygens (including phenoxy) is 2. The van der Waals surface area contributed by atoms with Crippen molar-refractivity contribution in [1.82, 2.24) is 0 Å². The molecule has 3 heteroatoms. The summed E-state index contributed by atoms with van der Waals surface area (Å²) in [5, 5.41) is 9.68. The van der Waals surface area contributed by atoms with Crippen molar-refractivity contribution < 1.29 is 14.6 Å². The summed E-state index contributed by atoms with van der Waals surface area (Å²) in [4.78, 5) is 0. The molecule has 1 heterocycles. The summed E-state index contributed by atoms with van der Waals surface area (Å²) in [5.41, 5.74) is 2.00. The Bertz CT molecular complexity index is 368. The molecule has 1 aromatic rings. The van der Waals surface area contributed by atoms with Gasteiger partial charge in [0.15, 0.2) is 0 Å². The Balaban J connectivity index is 2.04. The van der Waals surface area contributed by atoms with Crippen LogP contribution >= 0.6 is 0 Å². The maximum Gasteiger partial charge on any atom is 0.125 e. The lowest BCUT2D eigenvalue weighted by atomic mass is 10.1. The average Bonchev–Trinajstić information content (AvgIpc) is 2.78. The highest BCUT2D eigenvalue weighted by molar-refractivity contribution is 5.38. The van der Waals surface area contributed by atoms with E-state index in [4.69, 9.17) is 9.47 Å². The summed E-state index contributed by atoms with van der Waals surface area (Å²) in [5.74, 6) is 1.28. The maximum atomic E-state index is 9.68. The number of aliphatic hydroxyl groups is 1. The minimum Gasteiger partial charge on any atom is -0.493 e. The van der Waals surface area contributed by atoms with Gasteiger partial charge in [0.1, 0.15) is 5.75 Å². The third-order valence-electron chi connectivity index (χ3n) is 3.12. The fraction of sp³-hybridized carbons (Fsp3) is 0.571. The van der Waals surface area contributed by atoms with Gasteiger partial charge in [0.05, 0.1) is 19.3 Å². The van der Waals surface area contributed by atoms with Gasteiger partial charge in [-0.05, 0) is 31.9 Å². The maximum absolute atomic E-state index is 9.68. The van der Waals surface area contributed by atoms with Gasteiger partial charge in [0, 0.05) is 18.1 Å². The first-order valence-corrected chi connectivity index (χ1v) is 6.16. The smallest absolute Gasteiger partial charge is 0.125 e. The van der Waals surface area contributed by atoms with Gasteiger partial charge in [0.25, 0.3) is 0 Å². The predicted octanol–water partition coefficient (Wildman–Crippen LogP) is 2.46. The van der Waals surface area contributed by atoms with Crippen LogP contribution in [0.1, 0.15) is 30.6 Å². The van der Waals surface area contributed by atoms with Crippen LogP contribution in [-0.2, 0) is 4.74 Å². The zero-order valence-corrected chi connectivity index (χ0v) is 10.5. The van der Waals surface area contributed by atoms with Crippen molar-refractivity contribution in [2.24, 2.45) is 5.92 Å². The number of aryl methyl sites for hydroxylation is 1. The van der Waals surface area contributed by atoms with Crippen molar-refractivity contribution in [3.63, 3.8) is 0 Å². The monoisotopic (exact) mass is 236 g/mol. The standard InChI is InChI=1S/C14H20O3/c1-10-3-4-13(11(2)15)14(7-10)17-9-12-5-6-16-8-12/h3-4,7,11-12,15H,5-6,8-9H2,1-2H3/t11-,12?/m1/s1. The van der Waals surface area contributed by atoms with Gasteiger partial charge in [-0.2, -0.15) is 0 Å². The predicted molar refractivity (Wildman–Crippen MR) is 66.2 cm³/mol. The Labute approximate surface area is 102 Å². The van der Waals surface area contributed by atoms with Crippen LogP contribution in [0.2, 0.25) is 0 Å². The number of benzene rings is 1. The van der Waals surface area contributed by atoms with Crippen LogP contribution in [0, 0.1) is 12.8 Å². The largest absolute Gasteiger partial charge is 0.493 e. The second kappa shape index (κ2) is 5.52. The van der Waals surface area contributed by atoms with Crippen LogP contribution in [0.15, 0.2) is 18.2 Å². The SMILES string of the molecule is Cc1ccc([C@@H](C)O)c(OCC2CCOC2)c1. The van der Waals surface area contributed by atoms with Gasteiger partial charge >= 0.3 is 0 Å². The lowest BCUT2D eigenvalue weighted by Crippen LogP contribution is -2.13. The molecule has 0 bridgehead atoms. The van der Waals surface area contributed by atoms with Crippen LogP contribution in [0.25, 0.3) is 0 Å². The van der Waals surface area contributed by atoms with E-state index in [0.717, 1.165) is 36.5 Å². The molecule has 1 unspecified atom stereocenters. The second-order valence-electron chi connectivity index (χ2n) is 4.76. The lowest BCUT2D eigenvalue weighted by Gasteiger charge is -2.16. The van der Waals surface area contributed by atoms with Crippen molar-refractivity contribution >= 4 is 0 Å². The van der Waals surface area contributed by atoms with Gasteiger partial charge in [-0.25, -0.2) is 0 Å². The molecule has 94 valence electrons. The van der Waals surface area contributed by atoms with Gasteiger partial charge in [-0.1, -0.05) is 12.1 Å². The number of aliphatic hydroxyl groups excluding tert-OH is 1. The van der Waals surface area contributed by atoms with Crippen molar-refractivity contribution in [1.29, 1.82) is 0 Å². The molecule has 0 aliphatic carbocycles. The highest BCUT2D eigenvalue weighted by Gasteiger charge is 2.17. The second-order valence-corrected chi connectivity index (χ2v) is 4.76. The molecule has 1 saturated heterocycles. The van der Waals surface area contributed by atoms with Crippen LogP contribution in [0.5, 0.6) is 5.75 Å². The first kappa shape index (κ1) is 12.4. The van der Waals surface area contributed by atoms with Crippen molar-refractivity contribution in [3.8, 4) is 5.75 Å². The van der Waals surface area contributed by atoms with E-state index in [9.17, 15) is 5.11 Å². The van der Waals surface area contributed by atoms with Gasteiger partial charge in [-0.15, -0.1) is 0 Å². The lowest BCUT2D eigenvalue weighted by molar-refractivity contribution is 0.162. The molecule has 0 spiro atoms. The molecule has 3 nitrogen and oxygen atoms in total. The van der Waals surface area contributed by atoms with E-state index < -0.39 is 6.10 Å². The molecule has 1 aliphatic heterocycles. The minimum absolute atomic E-state index is 0.484. The third kappa shape index (κ3) is 3.20. The Kier molecular flexibility index (Phi) is 4.02. The van der Waals surface area contributed by atoms with Crippen molar-refractivity contribution in [3.05, 3.63) is 29.3 Å². The highest BCUT2D eigenvalue weighted by atomic mass is 16.5. The Morgan fingerprint density at radius 3 is 3.00 bits per heavy atom. The quantitative estimate of drug-likeness (QED) is 0.872. The molecule has 0 amide bonds. The summed E-state index contributed by atoms with van der Waals surface area (Å²) in [7, 11) is 0. The van der Waals surface area contributed by atoms with E-state index in [1.54, 1.807) is 6.92 Å². The van der Waals surface area contributed by atoms with E-state index in [1.165, 1.54) is 0 Å². The topological polar surface area (TPSA) is 38.7 Å². The normalized spacial score (nSPS) is 21.5. The first-order chi connectivity index (χ1) is 8.16. The number of rotatable bonds is 4. The summed E-state index contributed by atoms with van der Waals surface area (Å²) < 4.78 is 11.1. The molecular formula is C14H20O3. The summed E-state index contributed by atoms with van der Waals surface area (Å²) in [6.07, 6.45) is 0.570. The fourth-order valence-corrected chi connectivity index (χ4v) is 2.03. The summed E-state index contributed by atoms with van der Waals surface area (Å²) in [6.45, 7) is 6.08. The molecule has 1 aliphatic rings.